The molecule has 0 N–H and O–H groups in total. The van der Waals surface area contributed by atoms with Gasteiger partial charge in [0.15, 0.2) is 6.29 Å². The number of imidazole rings is 1. The van der Waals surface area contributed by atoms with Crippen molar-refractivity contribution in [3.8, 4) is 11.1 Å². The quantitative estimate of drug-likeness (QED) is 0.663. The average molecular weight is 330 g/mol. The Hall–Kier alpha value is -2.89. The minimum Gasteiger partial charge on any atom is -0.324 e. The molecule has 0 saturated carbocycles. The summed E-state index contributed by atoms with van der Waals surface area (Å²) in [5, 5.41) is 0. The molecule has 122 valence electrons. The van der Waals surface area contributed by atoms with E-state index in [0.717, 1.165) is 11.6 Å². The van der Waals surface area contributed by atoms with Gasteiger partial charge in [-0.1, -0.05) is 42.5 Å². The Morgan fingerprint density at radius 3 is 2.42 bits per heavy atom. The van der Waals surface area contributed by atoms with Crippen LogP contribution in [0.2, 0.25) is 0 Å². The molecular formula is C18H13F3N2O. The van der Waals surface area contributed by atoms with Crippen LogP contribution >= 0.6 is 0 Å². The number of carbonyl (C=O) groups is 1. The second kappa shape index (κ2) is 6.31. The van der Waals surface area contributed by atoms with Gasteiger partial charge in [0.2, 0.25) is 0 Å². The molecular weight excluding hydrogens is 317 g/mol. The number of aromatic nitrogens is 2. The third kappa shape index (κ3) is 3.22. The van der Waals surface area contributed by atoms with E-state index in [0.29, 0.717) is 24.1 Å². The predicted molar refractivity (Wildman–Crippen MR) is 83.6 cm³/mol. The number of hydrogen-bond donors (Lipinski definition) is 0. The van der Waals surface area contributed by atoms with Crippen molar-refractivity contribution in [2.45, 2.75) is 12.7 Å². The van der Waals surface area contributed by atoms with Gasteiger partial charge >= 0.3 is 6.18 Å². The highest BCUT2D eigenvalue weighted by atomic mass is 19.4. The minimum atomic E-state index is -4.40. The molecule has 0 aliphatic rings. The molecule has 3 aromatic rings. The molecule has 3 nitrogen and oxygen atoms in total. The Bertz CT molecular complexity index is 851. The number of nitrogens with zero attached hydrogens (tertiary/aromatic N) is 2. The molecule has 0 bridgehead atoms. The average Bonchev–Trinajstić information content (AvgIpc) is 3.02. The molecule has 0 unspecified atom stereocenters. The van der Waals surface area contributed by atoms with Crippen LogP contribution in [0.1, 0.15) is 21.6 Å². The molecule has 0 aliphatic carbocycles. The fraction of sp³-hybridized carbons (Fsp3) is 0.111. The zero-order valence-corrected chi connectivity index (χ0v) is 12.5. The fourth-order valence-electron chi connectivity index (χ4n) is 2.53. The molecule has 0 saturated heterocycles. The van der Waals surface area contributed by atoms with E-state index in [2.05, 4.69) is 4.98 Å². The lowest BCUT2D eigenvalue weighted by atomic mass is 9.98. The molecule has 3 rings (SSSR count). The van der Waals surface area contributed by atoms with E-state index in [4.69, 9.17) is 0 Å². The van der Waals surface area contributed by atoms with E-state index in [1.807, 2.05) is 0 Å². The van der Waals surface area contributed by atoms with Crippen LogP contribution in [0.3, 0.4) is 0 Å². The summed E-state index contributed by atoms with van der Waals surface area (Å²) in [6.07, 6.45) is -0.691. The molecule has 6 heteroatoms. The summed E-state index contributed by atoms with van der Waals surface area (Å²) in [7, 11) is 0. The zero-order valence-electron chi connectivity index (χ0n) is 12.5. The number of carbonyl (C=O) groups excluding carboxylic acids is 1. The Balaban J connectivity index is 1.89. The number of hydrogen-bond acceptors (Lipinski definition) is 2. The first-order valence-electron chi connectivity index (χ1n) is 7.20. The predicted octanol–water partition coefficient (Wildman–Crippen LogP) is 4.43. The van der Waals surface area contributed by atoms with Crippen molar-refractivity contribution in [1.29, 1.82) is 0 Å². The van der Waals surface area contributed by atoms with Crippen LogP contribution in [0.4, 0.5) is 13.2 Å². The highest BCUT2D eigenvalue weighted by Gasteiger charge is 2.33. The van der Waals surface area contributed by atoms with Crippen LogP contribution < -0.4 is 0 Å². The maximum absolute atomic E-state index is 13.1. The Morgan fingerprint density at radius 1 is 1.04 bits per heavy atom. The number of aldehydes is 1. The molecule has 24 heavy (non-hydrogen) atoms. The number of benzene rings is 2. The van der Waals surface area contributed by atoms with Crippen molar-refractivity contribution in [3.05, 3.63) is 77.9 Å². The summed E-state index contributed by atoms with van der Waals surface area (Å²) < 4.78 is 41.0. The van der Waals surface area contributed by atoms with Crippen molar-refractivity contribution in [3.63, 3.8) is 0 Å². The minimum absolute atomic E-state index is 0.146. The monoisotopic (exact) mass is 330 g/mol. The van der Waals surface area contributed by atoms with Gasteiger partial charge in [0.1, 0.15) is 5.69 Å². The van der Waals surface area contributed by atoms with Gasteiger partial charge < -0.3 is 4.57 Å². The lowest BCUT2D eigenvalue weighted by Gasteiger charge is -2.13. The first-order chi connectivity index (χ1) is 11.5. The van der Waals surface area contributed by atoms with Gasteiger partial charge in [-0.15, -0.1) is 0 Å². The number of alkyl halides is 3. The third-order valence-corrected chi connectivity index (χ3v) is 3.72. The van der Waals surface area contributed by atoms with Crippen LogP contribution in [-0.4, -0.2) is 15.8 Å². The van der Waals surface area contributed by atoms with Gasteiger partial charge in [-0.05, 0) is 22.8 Å². The smallest absolute Gasteiger partial charge is 0.324 e. The van der Waals surface area contributed by atoms with Crippen molar-refractivity contribution in [1.82, 2.24) is 9.55 Å². The van der Waals surface area contributed by atoms with E-state index in [1.165, 1.54) is 24.7 Å². The van der Waals surface area contributed by atoms with Crippen molar-refractivity contribution < 1.29 is 18.0 Å². The standard InChI is InChI=1S/C18H13F3N2O/c19-18(20,21)17-4-2-1-3-16(17)14-7-5-13(6-8-14)10-23-12-22-9-15(23)11-24/h1-9,11-12H,10H2. The summed E-state index contributed by atoms with van der Waals surface area (Å²) in [4.78, 5) is 14.8. The molecule has 0 amide bonds. The van der Waals surface area contributed by atoms with E-state index in [-0.39, 0.29) is 5.56 Å². The second-order valence-corrected chi connectivity index (χ2v) is 5.30. The summed E-state index contributed by atoms with van der Waals surface area (Å²) in [5.41, 5.74) is 1.29. The molecule has 2 aromatic carbocycles. The van der Waals surface area contributed by atoms with Gasteiger partial charge in [-0.3, -0.25) is 4.79 Å². The summed E-state index contributed by atoms with van der Waals surface area (Å²) in [6, 6.07) is 12.3. The van der Waals surface area contributed by atoms with Crippen LogP contribution in [0.25, 0.3) is 11.1 Å². The largest absolute Gasteiger partial charge is 0.417 e. The van der Waals surface area contributed by atoms with Gasteiger partial charge in [0, 0.05) is 6.54 Å². The Kier molecular flexibility index (Phi) is 4.20. The van der Waals surface area contributed by atoms with Gasteiger partial charge in [-0.25, -0.2) is 4.98 Å². The summed E-state index contributed by atoms with van der Waals surface area (Å²) >= 11 is 0. The fourth-order valence-corrected chi connectivity index (χ4v) is 2.53. The normalized spacial score (nSPS) is 11.5. The van der Waals surface area contributed by atoms with Gasteiger partial charge in [0.05, 0.1) is 18.1 Å². The summed E-state index contributed by atoms with van der Waals surface area (Å²) in [6.45, 7) is 0.426. The first-order valence-corrected chi connectivity index (χ1v) is 7.20. The molecule has 0 spiro atoms. The lowest BCUT2D eigenvalue weighted by Crippen LogP contribution is -2.07. The third-order valence-electron chi connectivity index (χ3n) is 3.72. The van der Waals surface area contributed by atoms with Crippen LogP contribution in [-0.2, 0) is 12.7 Å². The molecule has 1 heterocycles. The van der Waals surface area contributed by atoms with Gasteiger partial charge in [0.25, 0.3) is 0 Å². The lowest BCUT2D eigenvalue weighted by molar-refractivity contribution is -0.137. The van der Waals surface area contributed by atoms with Crippen molar-refractivity contribution in [2.75, 3.05) is 0 Å². The van der Waals surface area contributed by atoms with E-state index >= 15 is 0 Å². The molecule has 0 atom stereocenters. The van der Waals surface area contributed by atoms with Crippen LogP contribution in [0.5, 0.6) is 0 Å². The highest BCUT2D eigenvalue weighted by Crippen LogP contribution is 2.36. The first kappa shape index (κ1) is 16.0. The van der Waals surface area contributed by atoms with E-state index in [9.17, 15) is 18.0 Å². The highest BCUT2D eigenvalue weighted by molar-refractivity contribution is 5.71. The zero-order chi connectivity index (χ0) is 17.2. The van der Waals surface area contributed by atoms with E-state index in [1.54, 1.807) is 34.9 Å². The number of rotatable bonds is 4. The molecule has 0 radical (unpaired) electrons. The van der Waals surface area contributed by atoms with E-state index < -0.39 is 11.7 Å². The summed E-state index contributed by atoms with van der Waals surface area (Å²) in [5.74, 6) is 0. The topological polar surface area (TPSA) is 34.9 Å². The molecule has 1 aromatic heterocycles. The Morgan fingerprint density at radius 2 is 1.75 bits per heavy atom. The molecule has 0 aliphatic heterocycles. The van der Waals surface area contributed by atoms with Gasteiger partial charge in [-0.2, -0.15) is 13.2 Å². The number of halogens is 3. The SMILES string of the molecule is O=Cc1cncn1Cc1ccc(-c2ccccc2C(F)(F)F)cc1. The van der Waals surface area contributed by atoms with Crippen LogP contribution in [0, 0.1) is 0 Å². The Labute approximate surface area is 136 Å². The molecule has 0 fully saturated rings. The maximum atomic E-state index is 13.1. The van der Waals surface area contributed by atoms with Crippen LogP contribution in [0.15, 0.2) is 61.1 Å². The van der Waals surface area contributed by atoms with Crippen molar-refractivity contribution in [2.24, 2.45) is 0 Å². The second-order valence-electron chi connectivity index (χ2n) is 5.30. The maximum Gasteiger partial charge on any atom is 0.417 e. The van der Waals surface area contributed by atoms with Crippen molar-refractivity contribution >= 4 is 6.29 Å².